The van der Waals surface area contributed by atoms with Gasteiger partial charge in [0.1, 0.15) is 0 Å². The largest absolute Gasteiger partial charge is 0.341 e. The maximum atomic E-state index is 12.7. The quantitative estimate of drug-likeness (QED) is 0.796. The van der Waals surface area contributed by atoms with Gasteiger partial charge < -0.3 is 10.6 Å². The predicted octanol–water partition coefficient (Wildman–Crippen LogP) is 0.667. The van der Waals surface area contributed by atoms with E-state index in [-0.39, 0.29) is 18.3 Å². The first-order valence-corrected chi connectivity index (χ1v) is 9.10. The van der Waals surface area contributed by atoms with Gasteiger partial charge in [-0.15, -0.1) is 12.4 Å². The van der Waals surface area contributed by atoms with Crippen molar-refractivity contribution in [2.45, 2.75) is 33.1 Å². The summed E-state index contributed by atoms with van der Waals surface area (Å²) < 4.78 is 24.6. The molecule has 0 aromatic carbocycles. The second kappa shape index (κ2) is 8.31. The Labute approximate surface area is 134 Å². The zero-order chi connectivity index (χ0) is 15.4. The van der Waals surface area contributed by atoms with Crippen LogP contribution in [-0.4, -0.2) is 62.5 Å². The number of carbonyl (C=O) groups excluding carboxylic acids is 1. The maximum absolute atomic E-state index is 12.7. The number of rotatable bonds is 5. The van der Waals surface area contributed by atoms with Gasteiger partial charge in [-0.1, -0.05) is 13.8 Å². The number of carbonyl (C=O) groups is 1. The molecule has 0 bridgehead atoms. The Bertz CT molecular complexity index is 430. The smallest absolute Gasteiger partial charge is 0.230 e. The first-order valence-electron chi connectivity index (χ1n) is 7.25. The highest BCUT2D eigenvalue weighted by atomic mass is 35.5. The highest BCUT2D eigenvalue weighted by Crippen LogP contribution is 2.28. The van der Waals surface area contributed by atoms with Gasteiger partial charge in [0, 0.05) is 32.7 Å². The van der Waals surface area contributed by atoms with Gasteiger partial charge in [0.15, 0.2) is 0 Å². The Morgan fingerprint density at radius 3 is 2.14 bits per heavy atom. The molecule has 0 atom stereocenters. The van der Waals surface area contributed by atoms with E-state index in [1.54, 1.807) is 4.90 Å². The Balaban J connectivity index is 0.00000400. The molecule has 0 saturated carbocycles. The SMILES string of the molecule is CCC(CC)(CN)C(=O)N1CCCN(S(C)(=O)=O)CC1.Cl. The lowest BCUT2D eigenvalue weighted by Gasteiger charge is -2.34. The molecule has 126 valence electrons. The fourth-order valence-electron chi connectivity index (χ4n) is 2.69. The minimum absolute atomic E-state index is 0. The third-order valence-corrected chi connectivity index (χ3v) is 5.71. The number of nitrogens with zero attached hydrogens (tertiary/aromatic N) is 2. The minimum Gasteiger partial charge on any atom is -0.341 e. The summed E-state index contributed by atoms with van der Waals surface area (Å²) >= 11 is 0. The molecule has 0 aliphatic carbocycles. The lowest BCUT2D eigenvalue weighted by molar-refractivity contribution is -0.142. The van der Waals surface area contributed by atoms with Crippen LogP contribution in [0, 0.1) is 5.41 Å². The predicted molar refractivity (Wildman–Crippen MR) is 86.9 cm³/mol. The van der Waals surface area contributed by atoms with Crippen molar-refractivity contribution < 1.29 is 13.2 Å². The molecule has 1 fully saturated rings. The summed E-state index contributed by atoms with van der Waals surface area (Å²) in [5, 5.41) is 0. The number of hydrogen-bond acceptors (Lipinski definition) is 4. The van der Waals surface area contributed by atoms with Crippen molar-refractivity contribution in [3.63, 3.8) is 0 Å². The van der Waals surface area contributed by atoms with Gasteiger partial charge in [-0.05, 0) is 19.3 Å². The molecule has 6 nitrogen and oxygen atoms in total. The van der Waals surface area contributed by atoms with Crippen molar-refractivity contribution in [3.05, 3.63) is 0 Å². The molecule has 0 spiro atoms. The van der Waals surface area contributed by atoms with E-state index in [9.17, 15) is 13.2 Å². The lowest BCUT2D eigenvalue weighted by atomic mass is 9.81. The van der Waals surface area contributed by atoms with Crippen LogP contribution in [0.25, 0.3) is 0 Å². The van der Waals surface area contributed by atoms with E-state index in [2.05, 4.69) is 0 Å². The summed E-state index contributed by atoms with van der Waals surface area (Å²) in [6, 6.07) is 0. The molecule has 1 rings (SSSR count). The van der Waals surface area contributed by atoms with Gasteiger partial charge in [0.25, 0.3) is 0 Å². The molecule has 0 unspecified atom stereocenters. The first kappa shape index (κ1) is 20.6. The van der Waals surface area contributed by atoms with Gasteiger partial charge in [-0.25, -0.2) is 12.7 Å². The van der Waals surface area contributed by atoms with Crippen molar-refractivity contribution in [1.82, 2.24) is 9.21 Å². The molecule has 1 amide bonds. The molecule has 8 heteroatoms. The summed E-state index contributed by atoms with van der Waals surface area (Å²) in [5.41, 5.74) is 5.32. The summed E-state index contributed by atoms with van der Waals surface area (Å²) in [5.74, 6) is 0.0698. The number of amides is 1. The maximum Gasteiger partial charge on any atom is 0.230 e. The van der Waals surface area contributed by atoms with Crippen LogP contribution >= 0.6 is 12.4 Å². The van der Waals surface area contributed by atoms with Crippen LogP contribution in [0.2, 0.25) is 0 Å². The lowest BCUT2D eigenvalue weighted by Crippen LogP contribution is -2.48. The minimum atomic E-state index is -3.18. The van der Waals surface area contributed by atoms with E-state index in [4.69, 9.17) is 5.73 Å². The van der Waals surface area contributed by atoms with Gasteiger partial charge in [-0.2, -0.15) is 0 Å². The second-order valence-corrected chi connectivity index (χ2v) is 7.48. The highest BCUT2D eigenvalue weighted by molar-refractivity contribution is 7.88. The van der Waals surface area contributed by atoms with Crippen molar-refractivity contribution in [3.8, 4) is 0 Å². The molecule has 0 radical (unpaired) electrons. The Kier molecular flexibility index (Phi) is 8.17. The van der Waals surface area contributed by atoms with E-state index in [1.807, 2.05) is 13.8 Å². The van der Waals surface area contributed by atoms with Gasteiger partial charge in [-0.3, -0.25) is 4.79 Å². The van der Waals surface area contributed by atoms with Crippen LogP contribution in [-0.2, 0) is 14.8 Å². The topological polar surface area (TPSA) is 83.7 Å². The van der Waals surface area contributed by atoms with E-state index < -0.39 is 15.4 Å². The van der Waals surface area contributed by atoms with Crippen LogP contribution < -0.4 is 5.73 Å². The number of nitrogens with two attached hydrogens (primary N) is 1. The van der Waals surface area contributed by atoms with Crippen LogP contribution in [0.4, 0.5) is 0 Å². The molecule has 21 heavy (non-hydrogen) atoms. The van der Waals surface area contributed by atoms with Crippen LogP contribution in [0.5, 0.6) is 0 Å². The Morgan fingerprint density at radius 1 is 1.14 bits per heavy atom. The molecular formula is C13H28ClN3O3S. The highest BCUT2D eigenvalue weighted by Gasteiger charge is 2.37. The second-order valence-electron chi connectivity index (χ2n) is 5.50. The summed E-state index contributed by atoms with van der Waals surface area (Å²) in [6.45, 7) is 6.21. The van der Waals surface area contributed by atoms with Crippen molar-refractivity contribution in [1.29, 1.82) is 0 Å². The van der Waals surface area contributed by atoms with E-state index in [0.717, 1.165) is 0 Å². The van der Waals surface area contributed by atoms with Gasteiger partial charge >= 0.3 is 0 Å². The van der Waals surface area contributed by atoms with Crippen molar-refractivity contribution in [2.75, 3.05) is 39.0 Å². The first-order chi connectivity index (χ1) is 9.30. The standard InChI is InChI=1S/C13H27N3O3S.ClH/c1-4-13(5-2,11-14)12(17)15-7-6-8-16(10-9-15)20(3,18)19;/h4-11,14H2,1-3H3;1H. The Morgan fingerprint density at radius 2 is 1.71 bits per heavy atom. The normalized spacial score (nSPS) is 18.0. The average molecular weight is 342 g/mol. The van der Waals surface area contributed by atoms with E-state index in [1.165, 1.54) is 10.6 Å². The van der Waals surface area contributed by atoms with Crippen molar-refractivity contribution in [2.24, 2.45) is 11.1 Å². The van der Waals surface area contributed by atoms with Crippen LogP contribution in [0.15, 0.2) is 0 Å². The number of halogens is 1. The van der Waals surface area contributed by atoms with E-state index >= 15 is 0 Å². The molecular weight excluding hydrogens is 314 g/mol. The van der Waals surface area contributed by atoms with Crippen LogP contribution in [0.1, 0.15) is 33.1 Å². The van der Waals surface area contributed by atoms with Crippen LogP contribution in [0.3, 0.4) is 0 Å². The zero-order valence-corrected chi connectivity index (χ0v) is 14.8. The van der Waals surface area contributed by atoms with Gasteiger partial charge in [0.05, 0.1) is 11.7 Å². The fourth-order valence-corrected chi connectivity index (χ4v) is 3.57. The van der Waals surface area contributed by atoms with Crippen molar-refractivity contribution >= 4 is 28.3 Å². The van der Waals surface area contributed by atoms with Gasteiger partial charge in [0.2, 0.25) is 15.9 Å². The number of hydrogen-bond donors (Lipinski definition) is 1. The number of sulfonamides is 1. The summed E-state index contributed by atoms with van der Waals surface area (Å²) in [7, 11) is -3.18. The molecule has 1 heterocycles. The molecule has 1 saturated heterocycles. The molecule has 0 aromatic heterocycles. The Hall–Kier alpha value is -0.370. The molecule has 0 aromatic rings. The average Bonchev–Trinajstić information content (AvgIpc) is 2.66. The summed E-state index contributed by atoms with van der Waals surface area (Å²) in [6.07, 6.45) is 3.32. The molecule has 1 aliphatic heterocycles. The zero-order valence-electron chi connectivity index (χ0n) is 13.2. The monoisotopic (exact) mass is 341 g/mol. The third kappa shape index (κ3) is 4.81. The fraction of sp³-hybridized carbons (Fsp3) is 0.923. The summed E-state index contributed by atoms with van der Waals surface area (Å²) in [4.78, 5) is 14.5. The molecule has 1 aliphatic rings. The van der Waals surface area contributed by atoms with E-state index in [0.29, 0.717) is 52.0 Å². The molecule has 2 N–H and O–H groups in total. The third-order valence-electron chi connectivity index (χ3n) is 4.41.